The number of carbonyl (C=O) groups is 1. The first-order valence-electron chi connectivity index (χ1n) is 8.51. The molecule has 0 amide bonds. The fourth-order valence-corrected chi connectivity index (χ4v) is 3.16. The Morgan fingerprint density at radius 1 is 1.42 bits per heavy atom. The molecule has 7 heteroatoms. The Bertz CT molecular complexity index is 524. The van der Waals surface area contributed by atoms with Gasteiger partial charge in [0.2, 0.25) is 0 Å². The van der Waals surface area contributed by atoms with Gasteiger partial charge in [0.05, 0.1) is 26.4 Å². The van der Waals surface area contributed by atoms with Gasteiger partial charge in [0.15, 0.2) is 11.5 Å². The van der Waals surface area contributed by atoms with E-state index in [0.29, 0.717) is 18.9 Å². The zero-order valence-corrected chi connectivity index (χ0v) is 15.2. The Morgan fingerprint density at radius 2 is 2.12 bits per heavy atom. The van der Waals surface area contributed by atoms with Gasteiger partial charge in [-0.3, -0.25) is 9.80 Å². The highest BCUT2D eigenvalue weighted by Crippen LogP contribution is 2.20. The van der Waals surface area contributed by atoms with Crippen LogP contribution in [-0.2, 0) is 16.0 Å². The third-order valence-electron chi connectivity index (χ3n) is 3.92. The number of nitrogens with zero attached hydrogens (tertiary/aromatic N) is 3. The second-order valence-corrected chi connectivity index (χ2v) is 7.12. The molecule has 2 rings (SSSR count). The second-order valence-electron chi connectivity index (χ2n) is 7.12. The monoisotopic (exact) mass is 339 g/mol. The van der Waals surface area contributed by atoms with Crippen LogP contribution in [0.25, 0.3) is 0 Å². The largest absolute Gasteiger partial charge is 0.461 e. The lowest BCUT2D eigenvalue weighted by atomic mass is 9.91. The molecule has 1 aliphatic heterocycles. The molecule has 0 saturated carbocycles. The van der Waals surface area contributed by atoms with Crippen molar-refractivity contribution in [1.29, 1.82) is 0 Å². The topological polar surface area (TPSA) is 68.0 Å². The maximum absolute atomic E-state index is 11.6. The molecule has 0 bridgehead atoms. The molecule has 1 fully saturated rings. The lowest BCUT2D eigenvalue weighted by Crippen LogP contribution is -2.45. The average molecular weight is 339 g/mol. The van der Waals surface area contributed by atoms with Crippen LogP contribution in [0.15, 0.2) is 10.6 Å². The molecule has 136 valence electrons. The summed E-state index contributed by atoms with van der Waals surface area (Å²) in [5, 5.41) is 3.78. The van der Waals surface area contributed by atoms with Crippen LogP contribution in [0.2, 0.25) is 0 Å². The smallest absolute Gasteiger partial charge is 0.360 e. The molecular formula is C17H29N3O4. The van der Waals surface area contributed by atoms with Gasteiger partial charge in [-0.05, 0) is 19.4 Å². The van der Waals surface area contributed by atoms with Crippen LogP contribution in [0, 0.1) is 5.41 Å². The van der Waals surface area contributed by atoms with Gasteiger partial charge in [0, 0.05) is 32.2 Å². The number of hydrogen-bond acceptors (Lipinski definition) is 7. The quantitative estimate of drug-likeness (QED) is 0.667. The van der Waals surface area contributed by atoms with Gasteiger partial charge in [-0.1, -0.05) is 19.0 Å². The Hall–Kier alpha value is -1.44. The van der Waals surface area contributed by atoms with E-state index < -0.39 is 5.97 Å². The van der Waals surface area contributed by atoms with Crippen LogP contribution in [0.1, 0.15) is 37.0 Å². The van der Waals surface area contributed by atoms with E-state index in [9.17, 15) is 4.79 Å². The highest BCUT2D eigenvalue weighted by molar-refractivity contribution is 5.87. The number of morpholine rings is 1. The number of rotatable bonds is 8. The Kier molecular flexibility index (Phi) is 6.77. The highest BCUT2D eigenvalue weighted by Gasteiger charge is 2.25. The summed E-state index contributed by atoms with van der Waals surface area (Å²) < 4.78 is 15.6. The highest BCUT2D eigenvalue weighted by atomic mass is 16.5. The Morgan fingerprint density at radius 3 is 2.79 bits per heavy atom. The van der Waals surface area contributed by atoms with Crippen molar-refractivity contribution in [2.75, 3.05) is 53.0 Å². The predicted octanol–water partition coefficient (Wildman–Crippen LogP) is 1.64. The van der Waals surface area contributed by atoms with E-state index in [2.05, 4.69) is 28.8 Å². The van der Waals surface area contributed by atoms with E-state index >= 15 is 0 Å². The molecule has 1 aromatic heterocycles. The lowest BCUT2D eigenvalue weighted by molar-refractivity contribution is 0.0157. The van der Waals surface area contributed by atoms with Crippen molar-refractivity contribution in [3.05, 3.63) is 17.5 Å². The molecule has 2 heterocycles. The van der Waals surface area contributed by atoms with Gasteiger partial charge in [-0.2, -0.15) is 0 Å². The summed E-state index contributed by atoms with van der Waals surface area (Å²) in [6, 6.07) is 1.66. The Balaban J connectivity index is 1.83. The zero-order chi connectivity index (χ0) is 17.6. The number of carbonyl (C=O) groups excluding carboxylic acids is 1. The van der Waals surface area contributed by atoms with Gasteiger partial charge >= 0.3 is 5.97 Å². The van der Waals surface area contributed by atoms with E-state index in [1.807, 2.05) is 7.05 Å². The van der Waals surface area contributed by atoms with Gasteiger partial charge in [0.1, 0.15) is 0 Å². The van der Waals surface area contributed by atoms with Crippen molar-refractivity contribution < 1.29 is 18.8 Å². The molecule has 1 aromatic rings. The van der Waals surface area contributed by atoms with Gasteiger partial charge in [0.25, 0.3) is 0 Å². The minimum Gasteiger partial charge on any atom is -0.461 e. The van der Waals surface area contributed by atoms with Gasteiger partial charge < -0.3 is 14.0 Å². The summed E-state index contributed by atoms with van der Waals surface area (Å²) in [6.07, 6.45) is 0. The summed E-state index contributed by atoms with van der Waals surface area (Å²) in [5.74, 6) is 0.227. The third kappa shape index (κ3) is 5.89. The molecule has 0 spiro atoms. The van der Waals surface area contributed by atoms with Crippen molar-refractivity contribution in [3.63, 3.8) is 0 Å². The van der Waals surface area contributed by atoms with Crippen LogP contribution in [-0.4, -0.2) is 74.0 Å². The molecule has 1 saturated heterocycles. The average Bonchev–Trinajstić information content (AvgIpc) is 2.95. The molecule has 0 aliphatic carbocycles. The fraction of sp³-hybridized carbons (Fsp3) is 0.765. The first-order chi connectivity index (χ1) is 11.4. The van der Waals surface area contributed by atoms with Gasteiger partial charge in [-0.15, -0.1) is 0 Å². The zero-order valence-electron chi connectivity index (χ0n) is 15.2. The van der Waals surface area contributed by atoms with Crippen molar-refractivity contribution >= 4 is 5.97 Å². The van der Waals surface area contributed by atoms with Crippen molar-refractivity contribution in [2.45, 2.75) is 27.3 Å². The molecule has 0 radical (unpaired) electrons. The van der Waals surface area contributed by atoms with Crippen LogP contribution < -0.4 is 0 Å². The van der Waals surface area contributed by atoms with Crippen molar-refractivity contribution in [1.82, 2.24) is 15.0 Å². The molecule has 7 nitrogen and oxygen atoms in total. The molecule has 0 N–H and O–H groups in total. The SMILES string of the molecule is CCOC(=O)c1cc(CN(C)CC(C)(C)CN2CCOCC2)on1. The van der Waals surface area contributed by atoms with Crippen LogP contribution in [0.4, 0.5) is 0 Å². The summed E-state index contributed by atoms with van der Waals surface area (Å²) in [6.45, 7) is 12.8. The minimum atomic E-state index is -0.442. The molecule has 1 aliphatic rings. The first-order valence-corrected chi connectivity index (χ1v) is 8.51. The predicted molar refractivity (Wildman–Crippen MR) is 89.8 cm³/mol. The maximum Gasteiger partial charge on any atom is 0.360 e. The van der Waals surface area contributed by atoms with E-state index in [1.54, 1.807) is 13.0 Å². The van der Waals surface area contributed by atoms with Crippen LogP contribution in [0.5, 0.6) is 0 Å². The third-order valence-corrected chi connectivity index (χ3v) is 3.92. The summed E-state index contributed by atoms with van der Waals surface area (Å²) in [5.41, 5.74) is 0.378. The molecule has 0 unspecified atom stereocenters. The Labute approximate surface area is 143 Å². The van der Waals surface area contributed by atoms with E-state index in [4.69, 9.17) is 14.0 Å². The summed E-state index contributed by atoms with van der Waals surface area (Å²) >= 11 is 0. The minimum absolute atomic E-state index is 0.149. The lowest BCUT2D eigenvalue weighted by Gasteiger charge is -2.36. The molecule has 0 atom stereocenters. The van der Waals surface area contributed by atoms with Crippen molar-refractivity contribution in [2.24, 2.45) is 5.41 Å². The molecule has 24 heavy (non-hydrogen) atoms. The van der Waals surface area contributed by atoms with E-state index in [1.165, 1.54) is 0 Å². The number of ether oxygens (including phenoxy) is 2. The normalized spacial score (nSPS) is 16.5. The van der Waals surface area contributed by atoms with Gasteiger partial charge in [-0.25, -0.2) is 4.79 Å². The second kappa shape index (κ2) is 8.60. The maximum atomic E-state index is 11.6. The van der Waals surface area contributed by atoms with Crippen molar-refractivity contribution in [3.8, 4) is 0 Å². The molecular weight excluding hydrogens is 310 g/mol. The van der Waals surface area contributed by atoms with Crippen LogP contribution in [0.3, 0.4) is 0 Å². The van der Waals surface area contributed by atoms with E-state index in [-0.39, 0.29) is 11.1 Å². The number of hydrogen-bond donors (Lipinski definition) is 0. The standard InChI is InChI=1S/C17H29N3O4/c1-5-23-16(21)15-10-14(24-18-15)11-19(4)12-17(2,3)13-20-6-8-22-9-7-20/h10H,5-9,11-13H2,1-4H3. The summed E-state index contributed by atoms with van der Waals surface area (Å²) in [7, 11) is 2.05. The van der Waals surface area contributed by atoms with Crippen LogP contribution >= 0.6 is 0 Å². The first kappa shape index (κ1) is 18.9. The number of esters is 1. The molecule has 0 aromatic carbocycles. The van der Waals surface area contributed by atoms with E-state index in [0.717, 1.165) is 39.4 Å². The fourth-order valence-electron chi connectivity index (χ4n) is 3.16. The number of aromatic nitrogens is 1. The summed E-state index contributed by atoms with van der Waals surface area (Å²) in [4.78, 5) is 16.3.